The minimum Gasteiger partial charge on any atom is -0.507 e. The number of nitrogens with zero attached hydrogens (tertiary/aromatic N) is 3. The summed E-state index contributed by atoms with van der Waals surface area (Å²) < 4.78 is 45.8. The van der Waals surface area contributed by atoms with Crippen molar-refractivity contribution in [2.45, 2.75) is 76.5 Å². The maximum Gasteiger partial charge on any atom is 0.339 e. The number of unbranched alkanes of at least 4 members (excludes halogenated alkanes) is 1. The minimum atomic E-state index is -1.22. The molecule has 290 valence electrons. The Kier molecular flexibility index (Phi) is 14.7. The molecule has 1 fully saturated rings. The molecule has 0 radical (unpaired) electrons. The van der Waals surface area contributed by atoms with Crippen LogP contribution in [-0.2, 0) is 61.4 Å². The van der Waals surface area contributed by atoms with Crippen molar-refractivity contribution in [2.75, 3.05) is 20.3 Å². The van der Waals surface area contributed by atoms with Crippen LogP contribution in [0, 0.1) is 0 Å². The van der Waals surface area contributed by atoms with Gasteiger partial charge in [-0.1, -0.05) is 96.2 Å². The highest BCUT2D eigenvalue weighted by atomic mass is 16.7. The topological polar surface area (TPSA) is 153 Å². The summed E-state index contributed by atoms with van der Waals surface area (Å²) in [6, 6.07) is 34.0. The summed E-state index contributed by atoms with van der Waals surface area (Å²) in [6.07, 6.45) is 0.197. The average Bonchev–Trinajstić information content (AvgIpc) is 3.67. The number of carbonyl (C=O) groups is 1. The summed E-state index contributed by atoms with van der Waals surface area (Å²) in [5.74, 6) is -1.14. The van der Waals surface area contributed by atoms with Gasteiger partial charge in [0.2, 0.25) is 0 Å². The smallest absolute Gasteiger partial charge is 0.339 e. The lowest BCUT2D eigenvalue weighted by atomic mass is 9.97. The fourth-order valence-electron chi connectivity index (χ4n) is 6.21. The van der Waals surface area contributed by atoms with Crippen molar-refractivity contribution in [1.82, 2.24) is 15.0 Å². The molecule has 0 spiro atoms. The number of aromatic hydroxyl groups is 1. The second-order valence-electron chi connectivity index (χ2n) is 13.1. The predicted molar refractivity (Wildman–Crippen MR) is 200 cm³/mol. The van der Waals surface area contributed by atoms with Crippen molar-refractivity contribution in [1.29, 1.82) is 0 Å². The van der Waals surface area contributed by atoms with E-state index in [1.54, 1.807) is 11.8 Å². The average molecular weight is 754 g/mol. The van der Waals surface area contributed by atoms with E-state index in [1.165, 1.54) is 18.2 Å². The van der Waals surface area contributed by atoms with E-state index in [1.807, 2.05) is 97.2 Å². The highest BCUT2D eigenvalue weighted by molar-refractivity contribution is 5.91. The Labute approximate surface area is 320 Å². The first-order valence-electron chi connectivity index (χ1n) is 18.3. The third kappa shape index (κ3) is 11.7. The molecule has 1 aromatic heterocycles. The van der Waals surface area contributed by atoms with Crippen LogP contribution in [0.3, 0.4) is 0 Å². The Balaban J connectivity index is 1.08. The number of phenols is 1. The quantitative estimate of drug-likeness (QED) is 0.0823. The van der Waals surface area contributed by atoms with Crippen molar-refractivity contribution < 1.29 is 48.2 Å². The Morgan fingerprint density at radius 2 is 1.36 bits per heavy atom. The summed E-state index contributed by atoms with van der Waals surface area (Å²) in [4.78, 5) is 11.3. The van der Waals surface area contributed by atoms with Crippen LogP contribution in [0.2, 0.25) is 0 Å². The van der Waals surface area contributed by atoms with Crippen molar-refractivity contribution >= 4 is 5.97 Å². The number of carboxylic acid groups (broad SMARTS) is 1. The van der Waals surface area contributed by atoms with Crippen LogP contribution in [0.4, 0.5) is 0 Å². The minimum absolute atomic E-state index is 0.168. The predicted octanol–water partition coefficient (Wildman–Crippen LogP) is 6.19. The molecule has 6 rings (SSSR count). The number of methoxy groups -OCH3 is 1. The third-order valence-electron chi connectivity index (χ3n) is 9.05. The first kappa shape index (κ1) is 39.5. The van der Waals surface area contributed by atoms with Crippen molar-refractivity contribution in [2.24, 2.45) is 0 Å². The first-order valence-corrected chi connectivity index (χ1v) is 18.3. The van der Waals surface area contributed by atoms with Gasteiger partial charge in [-0.2, -0.15) is 0 Å². The maximum atomic E-state index is 11.3. The van der Waals surface area contributed by atoms with Gasteiger partial charge in [0, 0.05) is 13.7 Å². The van der Waals surface area contributed by atoms with Crippen LogP contribution in [0.1, 0.15) is 45.6 Å². The van der Waals surface area contributed by atoms with Crippen LogP contribution in [0.25, 0.3) is 0 Å². The van der Waals surface area contributed by atoms with Gasteiger partial charge in [-0.05, 0) is 47.7 Å². The molecule has 1 saturated heterocycles. The van der Waals surface area contributed by atoms with E-state index in [2.05, 4.69) is 10.3 Å². The molecule has 13 heteroatoms. The molecule has 4 aromatic carbocycles. The number of hydrogen-bond acceptors (Lipinski definition) is 11. The van der Waals surface area contributed by atoms with Crippen molar-refractivity contribution in [3.8, 4) is 11.5 Å². The van der Waals surface area contributed by atoms with Crippen LogP contribution in [0.5, 0.6) is 11.5 Å². The maximum absolute atomic E-state index is 11.3. The van der Waals surface area contributed by atoms with E-state index in [9.17, 15) is 15.0 Å². The summed E-state index contributed by atoms with van der Waals surface area (Å²) in [7, 11) is 1.59. The van der Waals surface area contributed by atoms with Gasteiger partial charge >= 0.3 is 5.97 Å². The molecule has 2 N–H and O–H groups in total. The zero-order chi connectivity index (χ0) is 38.2. The molecule has 1 aliphatic heterocycles. The molecule has 0 amide bonds. The first-order chi connectivity index (χ1) is 27.0. The number of aromatic carboxylic acids is 1. The lowest BCUT2D eigenvalue weighted by Gasteiger charge is -2.45. The molecular weight excluding hydrogens is 706 g/mol. The van der Waals surface area contributed by atoms with Crippen molar-refractivity contribution in [3.05, 3.63) is 143 Å². The van der Waals surface area contributed by atoms with E-state index in [4.69, 9.17) is 33.2 Å². The second-order valence-corrected chi connectivity index (χ2v) is 13.1. The Morgan fingerprint density at radius 1 is 0.764 bits per heavy atom. The van der Waals surface area contributed by atoms with Crippen LogP contribution >= 0.6 is 0 Å². The third-order valence-corrected chi connectivity index (χ3v) is 9.05. The number of carboxylic acids is 1. The molecule has 5 aromatic rings. The van der Waals surface area contributed by atoms with Gasteiger partial charge < -0.3 is 43.4 Å². The second kappa shape index (κ2) is 20.5. The van der Waals surface area contributed by atoms with E-state index in [0.29, 0.717) is 50.8 Å². The van der Waals surface area contributed by atoms with Crippen LogP contribution in [-0.4, -0.2) is 82.2 Å². The molecule has 5 atom stereocenters. The van der Waals surface area contributed by atoms with E-state index in [-0.39, 0.29) is 24.5 Å². The monoisotopic (exact) mass is 753 g/mol. The SMILES string of the molecule is CO[C@H]1O[C@H](COCc2cn(CCCCOc3ccc(O)c(C(=O)O)c3)nn2)[C@@H](OCc2ccccc2)[C@H](OCc2ccccc2)[C@H]1OCc1ccccc1. The zero-order valence-corrected chi connectivity index (χ0v) is 30.7. The van der Waals surface area contributed by atoms with Gasteiger partial charge in [-0.25, -0.2) is 4.79 Å². The standard InChI is InChI=1S/C42H47N3O10/c1-49-42-40(54-27-32-17-9-4-10-18-32)39(53-26-31-15-7-3-8-16-31)38(52-25-30-13-5-2-6-14-30)37(55-42)29-50-28-33-24-45(44-43-33)21-11-12-22-51-34-19-20-36(46)35(23-34)41(47)48/h2-10,13-20,23-24,37-40,42,46H,11-12,21-22,25-29H2,1H3,(H,47,48)/t37-,38-,39+,40-,42+/m1/s1. The van der Waals surface area contributed by atoms with Crippen LogP contribution < -0.4 is 4.74 Å². The van der Waals surface area contributed by atoms with Crippen LogP contribution in [0.15, 0.2) is 115 Å². The number of rotatable bonds is 21. The summed E-state index contributed by atoms with van der Waals surface area (Å²) in [5, 5.41) is 27.4. The number of aryl methyl sites for hydroxylation is 1. The summed E-state index contributed by atoms with van der Waals surface area (Å²) in [6.45, 7) is 2.35. The molecular formula is C42H47N3O10. The Morgan fingerprint density at radius 3 is 1.96 bits per heavy atom. The summed E-state index contributed by atoms with van der Waals surface area (Å²) >= 11 is 0. The van der Waals surface area contributed by atoms with Gasteiger partial charge in [0.1, 0.15) is 47.2 Å². The molecule has 0 saturated carbocycles. The van der Waals surface area contributed by atoms with E-state index in [0.717, 1.165) is 23.1 Å². The number of benzene rings is 4. The fourth-order valence-corrected chi connectivity index (χ4v) is 6.21. The molecule has 13 nitrogen and oxygen atoms in total. The van der Waals surface area contributed by atoms with Gasteiger partial charge in [-0.15, -0.1) is 5.10 Å². The lowest BCUT2D eigenvalue weighted by Crippen LogP contribution is -2.61. The van der Waals surface area contributed by atoms with Gasteiger partial charge in [0.15, 0.2) is 6.29 Å². The molecule has 0 bridgehead atoms. The fraction of sp³-hybridized carbons (Fsp3) is 0.357. The molecule has 0 unspecified atom stereocenters. The van der Waals surface area contributed by atoms with Gasteiger partial charge in [0.25, 0.3) is 0 Å². The molecule has 2 heterocycles. The number of aromatic nitrogens is 3. The number of hydrogen-bond donors (Lipinski definition) is 2. The van der Waals surface area contributed by atoms with Crippen molar-refractivity contribution in [3.63, 3.8) is 0 Å². The Bertz CT molecular complexity index is 1880. The lowest BCUT2D eigenvalue weighted by molar-refractivity contribution is -0.323. The largest absolute Gasteiger partial charge is 0.507 e. The van der Waals surface area contributed by atoms with Gasteiger partial charge in [-0.3, -0.25) is 4.68 Å². The van der Waals surface area contributed by atoms with E-state index >= 15 is 0 Å². The number of ether oxygens (including phenoxy) is 7. The zero-order valence-electron chi connectivity index (χ0n) is 30.7. The molecule has 1 aliphatic rings. The van der Waals surface area contributed by atoms with Gasteiger partial charge in [0.05, 0.1) is 45.8 Å². The summed E-state index contributed by atoms with van der Waals surface area (Å²) in [5.41, 5.74) is 3.49. The molecule has 0 aliphatic carbocycles. The Hall–Kier alpha value is -5.15. The highest BCUT2D eigenvalue weighted by Gasteiger charge is 2.48. The van der Waals surface area contributed by atoms with E-state index < -0.39 is 36.7 Å². The normalized spacial score (nSPS) is 19.6. The highest BCUT2D eigenvalue weighted by Crippen LogP contribution is 2.31. The molecule has 55 heavy (non-hydrogen) atoms.